The number of hydrogen-bond donors (Lipinski definition) is 0. The predicted octanol–water partition coefficient (Wildman–Crippen LogP) is 3.29. The molecule has 9 heteroatoms. The SMILES string of the molecule is CCN(CC)S(=O)(=O)c1ccc(Oc2ccc(C#N)cc2)c([N+](=O)[O-])c1. The number of nitrogens with zero attached hydrogens (tertiary/aromatic N) is 3. The van der Waals surface area contributed by atoms with Gasteiger partial charge in [-0.1, -0.05) is 13.8 Å². The fourth-order valence-corrected chi connectivity index (χ4v) is 3.80. The first-order valence-corrected chi connectivity index (χ1v) is 9.24. The highest BCUT2D eigenvalue weighted by Gasteiger charge is 2.26. The molecule has 0 aromatic heterocycles. The third-order valence-corrected chi connectivity index (χ3v) is 5.73. The molecule has 0 saturated heterocycles. The Bertz CT molecular complexity index is 945. The molecule has 0 aliphatic rings. The molecule has 0 spiro atoms. The van der Waals surface area contributed by atoms with Gasteiger partial charge in [0.1, 0.15) is 5.75 Å². The molecular formula is C17H17N3O5S. The molecule has 2 aromatic carbocycles. The molecule has 0 fully saturated rings. The standard InChI is InChI=1S/C17H17N3O5S/c1-3-19(4-2)26(23,24)15-9-10-17(16(11-15)20(21)22)25-14-7-5-13(12-18)6-8-14/h5-11H,3-4H2,1-2H3. The second-order valence-electron chi connectivity index (χ2n) is 5.21. The molecule has 0 amide bonds. The molecule has 2 rings (SSSR count). The Morgan fingerprint density at radius 2 is 1.77 bits per heavy atom. The van der Waals surface area contributed by atoms with E-state index in [2.05, 4.69) is 0 Å². The Balaban J connectivity index is 2.43. The molecular weight excluding hydrogens is 358 g/mol. The molecule has 0 aliphatic carbocycles. The number of nitriles is 1. The minimum Gasteiger partial charge on any atom is -0.450 e. The lowest BCUT2D eigenvalue weighted by Gasteiger charge is -2.18. The first-order valence-electron chi connectivity index (χ1n) is 7.80. The van der Waals surface area contributed by atoms with Crippen molar-refractivity contribution in [3.05, 3.63) is 58.1 Å². The first-order chi connectivity index (χ1) is 12.3. The van der Waals surface area contributed by atoms with Crippen molar-refractivity contribution < 1.29 is 18.1 Å². The minimum absolute atomic E-state index is 0.0850. The average molecular weight is 375 g/mol. The lowest BCUT2D eigenvalue weighted by molar-refractivity contribution is -0.385. The number of rotatable bonds is 7. The van der Waals surface area contributed by atoms with Crippen LogP contribution in [0.4, 0.5) is 5.69 Å². The van der Waals surface area contributed by atoms with E-state index in [9.17, 15) is 18.5 Å². The van der Waals surface area contributed by atoms with Crippen molar-refractivity contribution in [2.75, 3.05) is 13.1 Å². The van der Waals surface area contributed by atoms with Gasteiger partial charge in [0.25, 0.3) is 0 Å². The van der Waals surface area contributed by atoms with Gasteiger partial charge in [-0.2, -0.15) is 9.57 Å². The van der Waals surface area contributed by atoms with Crippen molar-refractivity contribution in [3.8, 4) is 17.6 Å². The predicted molar refractivity (Wildman–Crippen MR) is 94.4 cm³/mol. The molecule has 136 valence electrons. The van der Waals surface area contributed by atoms with E-state index in [-0.39, 0.29) is 23.7 Å². The normalized spacial score (nSPS) is 11.2. The Kier molecular flexibility index (Phi) is 5.92. The second kappa shape index (κ2) is 7.95. The van der Waals surface area contributed by atoms with Crippen molar-refractivity contribution in [3.63, 3.8) is 0 Å². The molecule has 0 aliphatic heterocycles. The highest BCUT2D eigenvalue weighted by atomic mass is 32.2. The van der Waals surface area contributed by atoms with Crippen molar-refractivity contribution in [2.24, 2.45) is 0 Å². The van der Waals surface area contributed by atoms with Crippen LogP contribution in [-0.4, -0.2) is 30.7 Å². The maximum atomic E-state index is 12.5. The Morgan fingerprint density at radius 3 is 2.27 bits per heavy atom. The van der Waals surface area contributed by atoms with Crippen LogP contribution in [0.25, 0.3) is 0 Å². The van der Waals surface area contributed by atoms with Crippen molar-refractivity contribution in [1.29, 1.82) is 5.26 Å². The highest BCUT2D eigenvalue weighted by Crippen LogP contribution is 2.34. The molecule has 0 atom stereocenters. The third kappa shape index (κ3) is 3.99. The van der Waals surface area contributed by atoms with Crippen LogP contribution in [0, 0.1) is 21.4 Å². The summed E-state index contributed by atoms with van der Waals surface area (Å²) in [6.45, 7) is 3.90. The maximum Gasteiger partial charge on any atom is 0.312 e. The van der Waals surface area contributed by atoms with Crippen LogP contribution in [0.15, 0.2) is 47.4 Å². The van der Waals surface area contributed by atoms with Crippen LogP contribution in [0.5, 0.6) is 11.5 Å². The van der Waals surface area contributed by atoms with Gasteiger partial charge in [-0.25, -0.2) is 8.42 Å². The lowest BCUT2D eigenvalue weighted by Crippen LogP contribution is -2.30. The molecule has 0 bridgehead atoms. The molecule has 0 unspecified atom stereocenters. The van der Waals surface area contributed by atoms with Gasteiger partial charge in [-0.05, 0) is 36.4 Å². The van der Waals surface area contributed by atoms with E-state index in [1.54, 1.807) is 13.8 Å². The maximum absolute atomic E-state index is 12.5. The summed E-state index contributed by atoms with van der Waals surface area (Å²) in [4.78, 5) is 10.5. The van der Waals surface area contributed by atoms with Crippen LogP contribution in [-0.2, 0) is 10.0 Å². The number of ether oxygens (including phenoxy) is 1. The van der Waals surface area contributed by atoms with Crippen molar-refractivity contribution in [1.82, 2.24) is 4.31 Å². The zero-order chi connectivity index (χ0) is 19.3. The minimum atomic E-state index is -3.82. The van der Waals surface area contributed by atoms with E-state index < -0.39 is 20.6 Å². The van der Waals surface area contributed by atoms with Crippen molar-refractivity contribution in [2.45, 2.75) is 18.7 Å². The van der Waals surface area contributed by atoms with Crippen LogP contribution >= 0.6 is 0 Å². The van der Waals surface area contributed by atoms with Gasteiger partial charge in [0.15, 0.2) is 0 Å². The van der Waals surface area contributed by atoms with Gasteiger partial charge in [0.05, 0.1) is 21.5 Å². The number of hydrogen-bond acceptors (Lipinski definition) is 6. The van der Waals surface area contributed by atoms with E-state index >= 15 is 0 Å². The number of benzene rings is 2. The summed E-state index contributed by atoms with van der Waals surface area (Å²) >= 11 is 0. The number of nitro groups is 1. The van der Waals surface area contributed by atoms with Gasteiger partial charge in [-0.3, -0.25) is 10.1 Å². The zero-order valence-electron chi connectivity index (χ0n) is 14.2. The van der Waals surface area contributed by atoms with Gasteiger partial charge in [-0.15, -0.1) is 0 Å². The Labute approximate surface area is 151 Å². The molecule has 0 radical (unpaired) electrons. The lowest BCUT2D eigenvalue weighted by atomic mass is 10.2. The van der Waals surface area contributed by atoms with E-state index in [4.69, 9.17) is 10.00 Å². The summed E-state index contributed by atoms with van der Waals surface area (Å²) in [5, 5.41) is 20.2. The fourth-order valence-electron chi connectivity index (χ4n) is 2.32. The van der Waals surface area contributed by atoms with E-state index in [0.717, 1.165) is 6.07 Å². The second-order valence-corrected chi connectivity index (χ2v) is 7.15. The van der Waals surface area contributed by atoms with Gasteiger partial charge < -0.3 is 4.74 Å². The van der Waals surface area contributed by atoms with Gasteiger partial charge in [0, 0.05) is 19.2 Å². The Morgan fingerprint density at radius 1 is 1.15 bits per heavy atom. The van der Waals surface area contributed by atoms with Crippen LogP contribution in [0.1, 0.15) is 19.4 Å². The molecule has 0 N–H and O–H groups in total. The monoisotopic (exact) mass is 375 g/mol. The van der Waals surface area contributed by atoms with Crippen molar-refractivity contribution >= 4 is 15.7 Å². The highest BCUT2D eigenvalue weighted by molar-refractivity contribution is 7.89. The molecule has 2 aromatic rings. The molecule has 8 nitrogen and oxygen atoms in total. The van der Waals surface area contributed by atoms with Crippen LogP contribution in [0.2, 0.25) is 0 Å². The van der Waals surface area contributed by atoms with Crippen LogP contribution < -0.4 is 4.74 Å². The quantitative estimate of drug-likeness (QED) is 0.542. The van der Waals surface area contributed by atoms with Gasteiger partial charge in [0.2, 0.25) is 15.8 Å². The zero-order valence-corrected chi connectivity index (χ0v) is 15.1. The smallest absolute Gasteiger partial charge is 0.312 e. The third-order valence-electron chi connectivity index (χ3n) is 3.68. The van der Waals surface area contributed by atoms with E-state index in [1.807, 2.05) is 6.07 Å². The van der Waals surface area contributed by atoms with E-state index in [1.165, 1.54) is 40.7 Å². The first kappa shape index (κ1) is 19.4. The summed E-state index contributed by atoms with van der Waals surface area (Å²) in [6.07, 6.45) is 0. The summed E-state index contributed by atoms with van der Waals surface area (Å²) in [5.74, 6) is 0.213. The average Bonchev–Trinajstić information content (AvgIpc) is 2.63. The summed E-state index contributed by atoms with van der Waals surface area (Å²) in [5.41, 5.74) is -0.0323. The molecule has 0 heterocycles. The molecule has 0 saturated carbocycles. The van der Waals surface area contributed by atoms with Gasteiger partial charge >= 0.3 is 5.69 Å². The summed E-state index contributed by atoms with van der Waals surface area (Å²) in [6, 6.07) is 11.5. The fraction of sp³-hybridized carbons (Fsp3) is 0.235. The summed E-state index contributed by atoms with van der Waals surface area (Å²) < 4.78 is 31.8. The number of sulfonamides is 1. The van der Waals surface area contributed by atoms with E-state index in [0.29, 0.717) is 11.3 Å². The Hall–Kier alpha value is -2.96. The summed E-state index contributed by atoms with van der Waals surface area (Å²) in [7, 11) is -3.82. The number of nitro benzene ring substituents is 1. The largest absolute Gasteiger partial charge is 0.450 e. The topological polar surface area (TPSA) is 114 Å². The van der Waals surface area contributed by atoms with Crippen LogP contribution in [0.3, 0.4) is 0 Å². The molecule has 26 heavy (non-hydrogen) atoms.